The Morgan fingerprint density at radius 3 is 2.41 bits per heavy atom. The van der Waals surface area contributed by atoms with E-state index >= 15 is 0 Å². The van der Waals surface area contributed by atoms with Gasteiger partial charge in [-0.2, -0.15) is 14.0 Å². The third kappa shape index (κ3) is 4.22. The van der Waals surface area contributed by atoms with Gasteiger partial charge in [0, 0.05) is 18.9 Å². The molecule has 2 heterocycles. The molecule has 0 aliphatic carbocycles. The number of rotatable bonds is 7. The zero-order chi connectivity index (χ0) is 19.1. The molecule has 0 aliphatic heterocycles. The molecule has 3 rings (SSSR count). The van der Waals surface area contributed by atoms with Crippen LogP contribution in [0.3, 0.4) is 0 Å². The fraction of sp³-hybridized carbons (Fsp3) is 0.158. The first-order valence-corrected chi connectivity index (χ1v) is 8.02. The molecule has 0 bridgehead atoms. The van der Waals surface area contributed by atoms with Crippen LogP contribution in [-0.4, -0.2) is 21.6 Å². The Bertz CT molecular complexity index is 859. The van der Waals surface area contributed by atoms with Crippen LogP contribution in [0.2, 0.25) is 0 Å². The summed E-state index contributed by atoms with van der Waals surface area (Å²) in [6.45, 7) is -2.59. The highest BCUT2D eigenvalue weighted by atomic mass is 19.3. The average molecular weight is 367 g/mol. The molecule has 0 saturated heterocycles. The third-order valence-electron chi connectivity index (χ3n) is 3.89. The molecule has 0 fully saturated rings. The summed E-state index contributed by atoms with van der Waals surface area (Å²) >= 11 is 0. The van der Waals surface area contributed by atoms with E-state index in [1.165, 1.54) is 18.5 Å². The molecule has 1 atom stereocenters. The zero-order valence-corrected chi connectivity index (χ0v) is 14.1. The van der Waals surface area contributed by atoms with Crippen LogP contribution < -0.4 is 10.1 Å². The van der Waals surface area contributed by atoms with Crippen molar-refractivity contribution in [3.05, 3.63) is 84.2 Å². The predicted octanol–water partition coefficient (Wildman–Crippen LogP) is 3.03. The van der Waals surface area contributed by atoms with E-state index < -0.39 is 12.2 Å². The minimum Gasteiger partial charge on any atom is -0.435 e. The first-order valence-electron chi connectivity index (χ1n) is 8.02. The van der Waals surface area contributed by atoms with Crippen LogP contribution in [0, 0.1) is 11.3 Å². The summed E-state index contributed by atoms with van der Waals surface area (Å²) in [5.74, 6) is 0.0702. The van der Waals surface area contributed by atoms with E-state index in [1.54, 1.807) is 48.8 Å². The Morgan fingerprint density at radius 1 is 1.04 bits per heavy atom. The fourth-order valence-electron chi connectivity index (χ4n) is 2.59. The number of hydrogen-bond acceptors (Lipinski definition) is 6. The molecular weight excluding hydrogens is 352 g/mol. The van der Waals surface area contributed by atoms with Crippen LogP contribution in [-0.2, 0) is 12.1 Å². The first kappa shape index (κ1) is 18.4. The molecule has 8 heteroatoms. The van der Waals surface area contributed by atoms with Gasteiger partial charge in [0.2, 0.25) is 0 Å². The second kappa shape index (κ2) is 8.29. The van der Waals surface area contributed by atoms with Gasteiger partial charge in [-0.1, -0.05) is 18.2 Å². The minimum atomic E-state index is -2.87. The van der Waals surface area contributed by atoms with Crippen molar-refractivity contribution in [2.45, 2.75) is 18.7 Å². The summed E-state index contributed by atoms with van der Waals surface area (Å²) in [6, 6.07) is 15.4. The molecule has 6 nitrogen and oxygen atoms in total. The molecule has 3 aromatic rings. The highest BCUT2D eigenvalue weighted by Gasteiger charge is 2.37. The molecule has 1 aromatic carbocycles. The van der Waals surface area contributed by atoms with E-state index in [1.807, 2.05) is 0 Å². The summed E-state index contributed by atoms with van der Waals surface area (Å²) in [7, 11) is 0. The number of benzene rings is 1. The molecule has 0 radical (unpaired) electrons. The summed E-state index contributed by atoms with van der Waals surface area (Å²) in [5, 5.41) is 13.2. The monoisotopic (exact) mass is 367 g/mol. The maximum absolute atomic E-state index is 12.3. The van der Waals surface area contributed by atoms with Crippen LogP contribution in [0.1, 0.15) is 17.0 Å². The van der Waals surface area contributed by atoms with Crippen molar-refractivity contribution in [2.75, 3.05) is 0 Å². The standard InChI is InChI=1S/C19H15F2N5O/c20-18(21)27-15-6-4-14(5-7-15)11-26-19(12-22,16-3-1-2-9-24-16)17-8-10-23-13-25-17/h1-10,13,18,26H,11H2. The lowest BCUT2D eigenvalue weighted by molar-refractivity contribution is -0.0498. The van der Waals surface area contributed by atoms with Crippen molar-refractivity contribution < 1.29 is 13.5 Å². The second-order valence-corrected chi connectivity index (χ2v) is 5.55. The number of nitrogens with zero attached hydrogens (tertiary/aromatic N) is 4. The summed E-state index contributed by atoms with van der Waals surface area (Å²) in [6.07, 6.45) is 4.51. The molecule has 0 amide bonds. The number of hydrogen-bond donors (Lipinski definition) is 1. The van der Waals surface area contributed by atoms with Crippen molar-refractivity contribution in [2.24, 2.45) is 0 Å². The Labute approximate surface area is 154 Å². The molecule has 0 aliphatic rings. The smallest absolute Gasteiger partial charge is 0.387 e. The van der Waals surface area contributed by atoms with Crippen LogP contribution in [0.4, 0.5) is 8.78 Å². The van der Waals surface area contributed by atoms with Crippen LogP contribution in [0.15, 0.2) is 67.3 Å². The van der Waals surface area contributed by atoms with Gasteiger partial charge in [-0.25, -0.2) is 9.97 Å². The summed E-state index contributed by atoms with van der Waals surface area (Å²) in [4.78, 5) is 12.4. The average Bonchev–Trinajstić information content (AvgIpc) is 2.71. The molecule has 27 heavy (non-hydrogen) atoms. The summed E-state index contributed by atoms with van der Waals surface area (Å²) < 4.78 is 28.9. The predicted molar refractivity (Wildman–Crippen MR) is 92.6 cm³/mol. The fourth-order valence-corrected chi connectivity index (χ4v) is 2.59. The SMILES string of the molecule is N#CC(NCc1ccc(OC(F)F)cc1)(c1ccccn1)c1ccncn1. The van der Waals surface area contributed by atoms with Gasteiger partial charge in [0.1, 0.15) is 12.1 Å². The largest absolute Gasteiger partial charge is 0.435 e. The lowest BCUT2D eigenvalue weighted by Gasteiger charge is -2.27. The highest BCUT2D eigenvalue weighted by Crippen LogP contribution is 2.26. The quantitative estimate of drug-likeness (QED) is 0.691. The van der Waals surface area contributed by atoms with Gasteiger partial charge in [-0.05, 0) is 35.9 Å². The molecular formula is C19H15F2N5O. The molecule has 2 aromatic heterocycles. The van der Waals surface area contributed by atoms with Crippen LogP contribution in [0.5, 0.6) is 5.75 Å². The zero-order valence-electron chi connectivity index (χ0n) is 14.1. The molecule has 0 saturated carbocycles. The van der Waals surface area contributed by atoms with E-state index in [-0.39, 0.29) is 12.3 Å². The number of nitrogens with one attached hydrogen (secondary N) is 1. The number of alkyl halides is 2. The van der Waals surface area contributed by atoms with E-state index in [0.717, 1.165) is 5.56 Å². The minimum absolute atomic E-state index is 0.0702. The van der Waals surface area contributed by atoms with Crippen molar-refractivity contribution in [1.82, 2.24) is 20.3 Å². The van der Waals surface area contributed by atoms with E-state index in [9.17, 15) is 14.0 Å². The van der Waals surface area contributed by atoms with E-state index in [4.69, 9.17) is 0 Å². The van der Waals surface area contributed by atoms with Crippen molar-refractivity contribution in [3.8, 4) is 11.8 Å². The molecule has 1 N–H and O–H groups in total. The van der Waals surface area contributed by atoms with Crippen LogP contribution >= 0.6 is 0 Å². The molecule has 136 valence electrons. The Balaban J connectivity index is 1.88. The topological polar surface area (TPSA) is 83.7 Å². The van der Waals surface area contributed by atoms with E-state index in [2.05, 4.69) is 31.1 Å². The highest BCUT2D eigenvalue weighted by molar-refractivity contribution is 5.38. The van der Waals surface area contributed by atoms with Crippen molar-refractivity contribution >= 4 is 0 Å². The first-order chi connectivity index (χ1) is 13.1. The van der Waals surface area contributed by atoms with Gasteiger partial charge in [-0.3, -0.25) is 10.3 Å². The van der Waals surface area contributed by atoms with Gasteiger partial charge >= 0.3 is 6.61 Å². The van der Waals surface area contributed by atoms with Gasteiger partial charge in [0.25, 0.3) is 0 Å². The van der Waals surface area contributed by atoms with Gasteiger partial charge < -0.3 is 4.74 Å². The van der Waals surface area contributed by atoms with Crippen LogP contribution in [0.25, 0.3) is 0 Å². The molecule has 1 unspecified atom stereocenters. The Hall–Kier alpha value is -3.44. The second-order valence-electron chi connectivity index (χ2n) is 5.55. The number of pyridine rings is 1. The lowest BCUT2D eigenvalue weighted by Crippen LogP contribution is -2.43. The van der Waals surface area contributed by atoms with Crippen molar-refractivity contribution in [1.29, 1.82) is 5.26 Å². The summed E-state index contributed by atoms with van der Waals surface area (Å²) in [5.41, 5.74) is 0.434. The van der Waals surface area contributed by atoms with Gasteiger partial charge in [0.05, 0.1) is 17.5 Å². The van der Waals surface area contributed by atoms with Gasteiger partial charge in [-0.15, -0.1) is 0 Å². The van der Waals surface area contributed by atoms with E-state index in [0.29, 0.717) is 11.4 Å². The number of ether oxygens (including phenoxy) is 1. The normalized spacial score (nSPS) is 13.0. The lowest BCUT2D eigenvalue weighted by atomic mass is 9.91. The maximum Gasteiger partial charge on any atom is 0.387 e. The third-order valence-corrected chi connectivity index (χ3v) is 3.89. The number of halogens is 2. The molecule has 0 spiro atoms. The van der Waals surface area contributed by atoms with Crippen molar-refractivity contribution in [3.63, 3.8) is 0 Å². The number of nitriles is 1. The Kier molecular flexibility index (Phi) is 5.64. The van der Waals surface area contributed by atoms with Gasteiger partial charge in [0.15, 0.2) is 5.54 Å². The number of aromatic nitrogens is 3. The Morgan fingerprint density at radius 2 is 1.81 bits per heavy atom. The maximum atomic E-state index is 12.3.